The molecule has 0 saturated heterocycles. The van der Waals surface area contributed by atoms with Crippen LogP contribution in [0.4, 0.5) is 0 Å². The normalized spacial score (nSPS) is 11.0. The van der Waals surface area contributed by atoms with E-state index < -0.39 is 0 Å². The second kappa shape index (κ2) is 11.6. The van der Waals surface area contributed by atoms with Gasteiger partial charge >= 0.3 is 0 Å². The van der Waals surface area contributed by atoms with Crippen molar-refractivity contribution in [2.45, 2.75) is 11.6 Å². The van der Waals surface area contributed by atoms with Gasteiger partial charge in [0.1, 0.15) is 5.75 Å². The Kier molecular flexibility index (Phi) is 8.12. The Morgan fingerprint density at radius 1 is 1.09 bits per heavy atom. The number of para-hydroxylation sites is 1. The van der Waals surface area contributed by atoms with Gasteiger partial charge in [-0.05, 0) is 42.3 Å². The molecule has 0 aliphatic carbocycles. The molecule has 0 fully saturated rings. The first kappa shape index (κ1) is 24.4. The van der Waals surface area contributed by atoms with E-state index in [2.05, 4.69) is 43.2 Å². The maximum atomic E-state index is 12.4. The zero-order valence-corrected chi connectivity index (χ0v) is 21.0. The second-order valence-electron chi connectivity index (χ2n) is 7.41. The molecule has 9 heteroatoms. The number of phenols is 1. The summed E-state index contributed by atoms with van der Waals surface area (Å²) < 4.78 is 2.88. The summed E-state index contributed by atoms with van der Waals surface area (Å²) in [5.74, 6) is 0.586. The zero-order valence-electron chi connectivity index (χ0n) is 18.6. The molecule has 3 aromatic carbocycles. The summed E-state index contributed by atoms with van der Waals surface area (Å²) in [5, 5.41) is 23.6. The first-order valence-electron chi connectivity index (χ1n) is 10.7. The van der Waals surface area contributed by atoms with Crippen molar-refractivity contribution < 1.29 is 9.90 Å². The van der Waals surface area contributed by atoms with Crippen LogP contribution in [-0.4, -0.2) is 37.7 Å². The van der Waals surface area contributed by atoms with Gasteiger partial charge in [-0.3, -0.25) is 9.36 Å². The van der Waals surface area contributed by atoms with Crippen LogP contribution in [0.1, 0.15) is 11.1 Å². The number of allylic oxidation sites excluding steroid dienone is 1. The highest BCUT2D eigenvalue weighted by Crippen LogP contribution is 2.28. The number of aromatic hydroxyl groups is 1. The van der Waals surface area contributed by atoms with Crippen LogP contribution in [0.25, 0.3) is 17.1 Å². The monoisotopic (exact) mass is 547 g/mol. The van der Waals surface area contributed by atoms with Crippen molar-refractivity contribution in [2.24, 2.45) is 5.10 Å². The average Bonchev–Trinajstić information content (AvgIpc) is 3.30. The van der Waals surface area contributed by atoms with E-state index in [1.165, 1.54) is 18.0 Å². The van der Waals surface area contributed by atoms with E-state index >= 15 is 0 Å². The SMILES string of the molecule is C=CCc1cccc(C=NNC(=O)CSc2nnc(-c3ccccc3)n2-c2ccc(Br)cc2)c1O. The summed E-state index contributed by atoms with van der Waals surface area (Å²) in [6.45, 7) is 3.69. The molecule has 176 valence electrons. The largest absolute Gasteiger partial charge is 0.507 e. The van der Waals surface area contributed by atoms with Crippen LogP contribution >= 0.6 is 27.7 Å². The van der Waals surface area contributed by atoms with Gasteiger partial charge in [0.2, 0.25) is 0 Å². The van der Waals surface area contributed by atoms with Gasteiger partial charge in [0, 0.05) is 21.3 Å². The van der Waals surface area contributed by atoms with E-state index in [-0.39, 0.29) is 17.4 Å². The lowest BCUT2D eigenvalue weighted by atomic mass is 10.1. The number of halogens is 1. The van der Waals surface area contributed by atoms with Crippen molar-refractivity contribution >= 4 is 39.8 Å². The van der Waals surface area contributed by atoms with Crippen LogP contribution in [0.3, 0.4) is 0 Å². The van der Waals surface area contributed by atoms with Crippen LogP contribution in [0.5, 0.6) is 5.75 Å². The van der Waals surface area contributed by atoms with Crippen molar-refractivity contribution in [1.82, 2.24) is 20.2 Å². The van der Waals surface area contributed by atoms with Gasteiger partial charge in [-0.15, -0.1) is 16.8 Å². The highest BCUT2D eigenvalue weighted by atomic mass is 79.9. The predicted octanol–water partition coefficient (Wildman–Crippen LogP) is 5.37. The molecule has 2 N–H and O–H groups in total. The summed E-state index contributed by atoms with van der Waals surface area (Å²) in [6.07, 6.45) is 3.67. The summed E-state index contributed by atoms with van der Waals surface area (Å²) in [7, 11) is 0. The maximum Gasteiger partial charge on any atom is 0.250 e. The number of nitrogens with zero attached hydrogens (tertiary/aromatic N) is 4. The smallest absolute Gasteiger partial charge is 0.250 e. The Bertz CT molecular complexity index is 1350. The molecule has 4 aromatic rings. The quantitative estimate of drug-likeness (QED) is 0.127. The molecule has 0 bridgehead atoms. The standard InChI is InChI=1S/C26H22BrN5O2S/c1-2-7-18-10-6-11-20(24(18)34)16-28-29-23(33)17-35-26-31-30-25(19-8-4-3-5-9-19)32(26)22-14-12-21(27)13-15-22/h2-6,8-16,34H,1,7,17H2,(H,29,33). The van der Waals surface area contributed by atoms with Gasteiger partial charge in [-0.1, -0.05) is 76.2 Å². The van der Waals surface area contributed by atoms with E-state index in [4.69, 9.17) is 0 Å². The van der Waals surface area contributed by atoms with E-state index in [0.717, 1.165) is 21.3 Å². The van der Waals surface area contributed by atoms with Crippen LogP contribution in [0.2, 0.25) is 0 Å². The molecule has 0 unspecified atom stereocenters. The van der Waals surface area contributed by atoms with Gasteiger partial charge in [0.05, 0.1) is 12.0 Å². The van der Waals surface area contributed by atoms with Gasteiger partial charge in [-0.25, -0.2) is 5.43 Å². The number of hydrogen-bond donors (Lipinski definition) is 2. The van der Waals surface area contributed by atoms with Crippen LogP contribution in [0, 0.1) is 0 Å². The lowest BCUT2D eigenvalue weighted by Crippen LogP contribution is -2.20. The minimum absolute atomic E-state index is 0.0866. The van der Waals surface area contributed by atoms with Gasteiger partial charge in [-0.2, -0.15) is 5.10 Å². The summed E-state index contributed by atoms with van der Waals surface area (Å²) in [4.78, 5) is 12.4. The van der Waals surface area contributed by atoms with Crippen molar-refractivity contribution in [3.05, 3.63) is 101 Å². The Labute approximate surface area is 215 Å². The molecule has 0 aliphatic heterocycles. The first-order valence-corrected chi connectivity index (χ1v) is 12.5. The fraction of sp³-hybridized carbons (Fsp3) is 0.0769. The first-order chi connectivity index (χ1) is 17.1. The Morgan fingerprint density at radius 2 is 1.86 bits per heavy atom. The molecule has 1 aromatic heterocycles. The van der Waals surface area contributed by atoms with Gasteiger partial charge in [0.15, 0.2) is 11.0 Å². The Balaban J connectivity index is 1.48. The van der Waals surface area contributed by atoms with Crippen molar-refractivity contribution in [2.75, 3.05) is 5.75 Å². The molecule has 7 nitrogen and oxygen atoms in total. The molecule has 1 heterocycles. The number of carbonyl (C=O) groups excluding carboxylic acids is 1. The molecule has 0 spiro atoms. The lowest BCUT2D eigenvalue weighted by molar-refractivity contribution is -0.118. The lowest BCUT2D eigenvalue weighted by Gasteiger charge is -2.10. The third-order valence-corrected chi connectivity index (χ3v) is 6.45. The van der Waals surface area contributed by atoms with E-state index in [1.807, 2.05) is 71.3 Å². The summed E-state index contributed by atoms with van der Waals surface area (Å²) in [5.41, 5.74) is 5.56. The fourth-order valence-electron chi connectivity index (χ4n) is 3.33. The third-order valence-electron chi connectivity index (χ3n) is 4.99. The number of rotatable bonds is 9. The molecular weight excluding hydrogens is 526 g/mol. The Morgan fingerprint density at radius 3 is 2.60 bits per heavy atom. The molecule has 0 radical (unpaired) electrons. The van der Waals surface area contributed by atoms with Crippen LogP contribution in [0.15, 0.2) is 100 Å². The van der Waals surface area contributed by atoms with E-state index in [1.54, 1.807) is 12.1 Å². The number of hydrogen-bond acceptors (Lipinski definition) is 6. The number of benzene rings is 3. The van der Waals surface area contributed by atoms with Crippen molar-refractivity contribution in [3.63, 3.8) is 0 Å². The Hall–Kier alpha value is -3.69. The minimum atomic E-state index is -0.306. The average molecular weight is 548 g/mol. The molecule has 4 rings (SSSR count). The molecule has 0 saturated carbocycles. The van der Waals surface area contributed by atoms with E-state index in [0.29, 0.717) is 23.0 Å². The summed E-state index contributed by atoms with van der Waals surface area (Å²) in [6, 6.07) is 22.9. The zero-order chi connectivity index (χ0) is 24.6. The minimum Gasteiger partial charge on any atom is -0.507 e. The number of nitrogens with one attached hydrogen (secondary N) is 1. The maximum absolute atomic E-state index is 12.4. The van der Waals surface area contributed by atoms with Crippen LogP contribution < -0.4 is 5.43 Å². The topological polar surface area (TPSA) is 92.4 Å². The number of carbonyl (C=O) groups is 1. The summed E-state index contributed by atoms with van der Waals surface area (Å²) >= 11 is 4.72. The highest BCUT2D eigenvalue weighted by molar-refractivity contribution is 9.10. The van der Waals surface area contributed by atoms with Crippen molar-refractivity contribution in [1.29, 1.82) is 0 Å². The molecule has 1 amide bonds. The van der Waals surface area contributed by atoms with Gasteiger partial charge < -0.3 is 5.11 Å². The second-order valence-corrected chi connectivity index (χ2v) is 9.27. The van der Waals surface area contributed by atoms with Crippen molar-refractivity contribution in [3.8, 4) is 22.8 Å². The predicted molar refractivity (Wildman–Crippen MR) is 143 cm³/mol. The molecular formula is C26H22BrN5O2S. The molecule has 0 aliphatic rings. The molecule has 35 heavy (non-hydrogen) atoms. The number of hydrazone groups is 1. The number of phenolic OH excluding ortho intramolecular Hbond substituents is 1. The van der Waals surface area contributed by atoms with Gasteiger partial charge in [0.25, 0.3) is 5.91 Å². The third kappa shape index (κ3) is 6.06. The van der Waals surface area contributed by atoms with E-state index in [9.17, 15) is 9.90 Å². The number of thioether (sulfide) groups is 1. The highest BCUT2D eigenvalue weighted by Gasteiger charge is 2.17. The number of aromatic nitrogens is 3. The van der Waals surface area contributed by atoms with Crippen LogP contribution in [-0.2, 0) is 11.2 Å². The fourth-order valence-corrected chi connectivity index (χ4v) is 4.34. The molecule has 0 atom stereocenters. The number of amides is 1.